The van der Waals surface area contributed by atoms with Crippen LogP contribution in [0, 0.1) is 0 Å². The summed E-state index contributed by atoms with van der Waals surface area (Å²) in [6, 6.07) is 12.2. The molecule has 0 unspecified atom stereocenters. The third-order valence-corrected chi connectivity index (χ3v) is 4.38. The first-order chi connectivity index (χ1) is 13.1. The minimum absolute atomic E-state index is 0.0699. The van der Waals surface area contributed by atoms with Crippen LogP contribution in [0.4, 0.5) is 5.69 Å². The first kappa shape index (κ1) is 18.4. The van der Waals surface area contributed by atoms with Crippen LogP contribution in [0.25, 0.3) is 0 Å². The van der Waals surface area contributed by atoms with Crippen LogP contribution in [0.15, 0.2) is 60.2 Å². The van der Waals surface area contributed by atoms with Crippen molar-refractivity contribution in [3.8, 4) is 5.75 Å². The number of aromatic hydroxyl groups is 1. The minimum Gasteiger partial charge on any atom is -0.507 e. The summed E-state index contributed by atoms with van der Waals surface area (Å²) >= 11 is 0. The lowest BCUT2D eigenvalue weighted by molar-refractivity contribution is -0.117. The quantitative estimate of drug-likeness (QED) is 0.470. The third kappa shape index (κ3) is 4.23. The van der Waals surface area contributed by atoms with Crippen LogP contribution >= 0.6 is 0 Å². The molecule has 2 aromatic carbocycles. The number of para-hydroxylation sites is 1. The normalized spacial score (nSPS) is 13.9. The number of hydrogen-bond donors (Lipinski definition) is 2. The average molecular weight is 363 g/mol. The molecule has 2 N–H and O–H groups in total. The molecule has 1 heterocycles. The van der Waals surface area contributed by atoms with E-state index >= 15 is 0 Å². The number of hydrogen-bond acceptors (Lipinski definition) is 4. The Kier molecular flexibility index (Phi) is 5.66. The van der Waals surface area contributed by atoms with Crippen molar-refractivity contribution in [2.45, 2.75) is 19.3 Å². The topological polar surface area (TPSA) is 82.0 Å². The van der Waals surface area contributed by atoms with Gasteiger partial charge in [0.05, 0.1) is 6.21 Å². The number of nitrogens with zero attached hydrogens (tertiary/aromatic N) is 2. The summed E-state index contributed by atoms with van der Waals surface area (Å²) in [6.07, 6.45) is 5.01. The number of phenolic OH excluding ortho intramolecular Hbond substituents is 1. The molecule has 0 bridgehead atoms. The van der Waals surface area contributed by atoms with Crippen LogP contribution in [0.1, 0.15) is 34.3 Å². The maximum Gasteiger partial charge on any atom is 0.271 e. The highest BCUT2D eigenvalue weighted by Gasteiger charge is 2.22. The predicted molar refractivity (Wildman–Crippen MR) is 105 cm³/mol. The van der Waals surface area contributed by atoms with E-state index in [-0.39, 0.29) is 17.6 Å². The molecular formula is C21H21N3O3. The number of carbonyl (C=O) groups excluding carboxylic acids is 2. The Labute approximate surface area is 157 Å². The van der Waals surface area contributed by atoms with Gasteiger partial charge in [0.25, 0.3) is 5.91 Å². The fourth-order valence-electron chi connectivity index (χ4n) is 3.00. The van der Waals surface area contributed by atoms with Gasteiger partial charge in [-0.15, -0.1) is 6.58 Å². The summed E-state index contributed by atoms with van der Waals surface area (Å²) in [5.74, 6) is -0.202. The lowest BCUT2D eigenvalue weighted by atomic mass is 10.1. The zero-order chi connectivity index (χ0) is 19.2. The van der Waals surface area contributed by atoms with Gasteiger partial charge in [0.1, 0.15) is 5.75 Å². The van der Waals surface area contributed by atoms with Crippen molar-refractivity contribution in [1.29, 1.82) is 0 Å². The van der Waals surface area contributed by atoms with Crippen LogP contribution in [-0.2, 0) is 11.2 Å². The number of rotatable bonds is 6. The van der Waals surface area contributed by atoms with E-state index in [2.05, 4.69) is 17.1 Å². The number of hydrazone groups is 1. The third-order valence-electron chi connectivity index (χ3n) is 4.38. The number of amides is 2. The van der Waals surface area contributed by atoms with Gasteiger partial charge < -0.3 is 10.0 Å². The van der Waals surface area contributed by atoms with E-state index in [1.54, 1.807) is 47.4 Å². The molecule has 1 aliphatic heterocycles. The van der Waals surface area contributed by atoms with Gasteiger partial charge in [-0.25, -0.2) is 5.43 Å². The van der Waals surface area contributed by atoms with E-state index < -0.39 is 0 Å². The Morgan fingerprint density at radius 3 is 2.85 bits per heavy atom. The van der Waals surface area contributed by atoms with E-state index in [9.17, 15) is 14.7 Å². The van der Waals surface area contributed by atoms with Crippen molar-refractivity contribution in [1.82, 2.24) is 5.43 Å². The van der Waals surface area contributed by atoms with Crippen LogP contribution in [0.5, 0.6) is 5.75 Å². The summed E-state index contributed by atoms with van der Waals surface area (Å²) in [4.78, 5) is 25.9. The largest absolute Gasteiger partial charge is 0.507 e. The maximum absolute atomic E-state index is 12.3. The molecule has 1 saturated heterocycles. The van der Waals surface area contributed by atoms with Gasteiger partial charge in [-0.3, -0.25) is 9.59 Å². The molecule has 1 fully saturated rings. The van der Waals surface area contributed by atoms with E-state index in [1.807, 2.05) is 6.07 Å². The maximum atomic E-state index is 12.3. The van der Waals surface area contributed by atoms with Gasteiger partial charge >= 0.3 is 0 Å². The fourth-order valence-corrected chi connectivity index (χ4v) is 3.00. The van der Waals surface area contributed by atoms with E-state index in [0.29, 0.717) is 36.2 Å². The highest BCUT2D eigenvalue weighted by molar-refractivity contribution is 5.99. The Morgan fingerprint density at radius 2 is 2.11 bits per heavy atom. The van der Waals surface area contributed by atoms with Crippen LogP contribution in [0.3, 0.4) is 0 Å². The average Bonchev–Trinajstić information content (AvgIpc) is 3.11. The molecule has 0 aliphatic carbocycles. The van der Waals surface area contributed by atoms with Crippen LogP contribution in [-0.4, -0.2) is 29.7 Å². The molecule has 0 spiro atoms. The van der Waals surface area contributed by atoms with E-state index in [0.717, 1.165) is 12.0 Å². The van der Waals surface area contributed by atoms with Crippen molar-refractivity contribution in [3.05, 3.63) is 71.8 Å². The first-order valence-electron chi connectivity index (χ1n) is 8.75. The number of phenols is 1. The molecule has 138 valence electrons. The zero-order valence-corrected chi connectivity index (χ0v) is 14.9. The highest BCUT2D eigenvalue weighted by atomic mass is 16.3. The van der Waals surface area contributed by atoms with Crippen molar-refractivity contribution in [2.24, 2.45) is 5.10 Å². The van der Waals surface area contributed by atoms with Crippen molar-refractivity contribution < 1.29 is 14.7 Å². The summed E-state index contributed by atoms with van der Waals surface area (Å²) in [7, 11) is 0. The second-order valence-corrected chi connectivity index (χ2v) is 6.25. The molecule has 6 nitrogen and oxygen atoms in total. The second kappa shape index (κ2) is 8.31. The SMILES string of the molecule is C=CCc1cccc(C=NNC(=O)c2cccc(N3CCCC3=O)c2)c1O. The summed E-state index contributed by atoms with van der Waals surface area (Å²) in [5.41, 5.74) is 4.82. The number of benzene rings is 2. The van der Waals surface area contributed by atoms with Gasteiger partial charge in [-0.2, -0.15) is 5.10 Å². The zero-order valence-electron chi connectivity index (χ0n) is 14.9. The lowest BCUT2D eigenvalue weighted by Gasteiger charge is -2.16. The number of allylic oxidation sites excluding steroid dienone is 1. The van der Waals surface area contributed by atoms with E-state index in [4.69, 9.17) is 0 Å². The van der Waals surface area contributed by atoms with Crippen molar-refractivity contribution in [3.63, 3.8) is 0 Å². The Morgan fingerprint density at radius 1 is 1.30 bits per heavy atom. The van der Waals surface area contributed by atoms with E-state index in [1.165, 1.54) is 6.21 Å². The Hall–Kier alpha value is -3.41. The molecule has 0 aromatic heterocycles. The minimum atomic E-state index is -0.388. The molecule has 0 saturated carbocycles. The van der Waals surface area contributed by atoms with Gasteiger partial charge in [0, 0.05) is 29.8 Å². The predicted octanol–water partition coefficient (Wildman–Crippen LogP) is 3.01. The molecule has 6 heteroatoms. The Bertz CT molecular complexity index is 905. The molecule has 0 radical (unpaired) electrons. The summed E-state index contributed by atoms with van der Waals surface area (Å²) in [5, 5.41) is 14.1. The molecule has 3 rings (SSSR count). The lowest BCUT2D eigenvalue weighted by Crippen LogP contribution is -2.24. The monoisotopic (exact) mass is 363 g/mol. The van der Waals surface area contributed by atoms with Crippen molar-refractivity contribution in [2.75, 3.05) is 11.4 Å². The molecular weight excluding hydrogens is 342 g/mol. The Balaban J connectivity index is 1.69. The number of anilines is 1. The highest BCUT2D eigenvalue weighted by Crippen LogP contribution is 2.23. The van der Waals surface area contributed by atoms with Crippen LogP contribution < -0.4 is 10.3 Å². The number of carbonyl (C=O) groups is 2. The van der Waals surface area contributed by atoms with Crippen molar-refractivity contribution >= 4 is 23.7 Å². The summed E-state index contributed by atoms with van der Waals surface area (Å²) < 4.78 is 0. The molecule has 2 amide bonds. The summed E-state index contributed by atoms with van der Waals surface area (Å²) in [6.45, 7) is 4.33. The van der Waals surface area contributed by atoms with Gasteiger partial charge in [0.15, 0.2) is 0 Å². The van der Waals surface area contributed by atoms with Gasteiger partial charge in [0.2, 0.25) is 5.91 Å². The smallest absolute Gasteiger partial charge is 0.271 e. The molecule has 27 heavy (non-hydrogen) atoms. The molecule has 1 aliphatic rings. The molecule has 2 aromatic rings. The standard InChI is InChI=1S/C21H21N3O3/c1-2-6-15-7-3-9-17(20(15)26)14-22-23-21(27)16-8-4-10-18(13-16)24-12-5-11-19(24)25/h2-4,7-10,13-14,26H,1,5-6,11-12H2,(H,23,27). The fraction of sp³-hybridized carbons (Fsp3) is 0.190. The van der Waals surface area contributed by atoms with Crippen LogP contribution in [0.2, 0.25) is 0 Å². The van der Waals surface area contributed by atoms with Gasteiger partial charge in [-0.1, -0.05) is 24.3 Å². The van der Waals surface area contributed by atoms with Gasteiger partial charge in [-0.05, 0) is 42.7 Å². The molecule has 0 atom stereocenters. The first-order valence-corrected chi connectivity index (χ1v) is 8.75. The second-order valence-electron chi connectivity index (χ2n) is 6.25. The number of nitrogens with one attached hydrogen (secondary N) is 1.